The molecule has 2 rings (SSSR count). The minimum Gasteiger partial charge on any atom is -0.497 e. The first-order valence-corrected chi connectivity index (χ1v) is 9.18. The second-order valence-electron chi connectivity index (χ2n) is 5.18. The molecule has 0 fully saturated rings. The molecule has 0 aliphatic carbocycles. The molecule has 0 amide bonds. The first-order valence-electron chi connectivity index (χ1n) is 7.98. The molecule has 0 aliphatic rings. The van der Waals surface area contributed by atoms with Crippen LogP contribution < -0.4 is 20.1 Å². The Bertz CT molecular complexity index is 801. The number of nitrogens with zero attached hydrogens (tertiary/aromatic N) is 1. The van der Waals surface area contributed by atoms with E-state index < -0.39 is 0 Å². The van der Waals surface area contributed by atoms with E-state index in [2.05, 4.69) is 43.4 Å². The summed E-state index contributed by atoms with van der Waals surface area (Å²) in [5, 5.41) is 6.73. The maximum atomic E-state index is 5.72. The first-order chi connectivity index (χ1) is 12.6. The van der Waals surface area contributed by atoms with Crippen molar-refractivity contribution in [3.05, 3.63) is 46.6 Å². The highest BCUT2D eigenvalue weighted by molar-refractivity contribution is 9.10. The van der Waals surface area contributed by atoms with Crippen LogP contribution in [0.4, 0.5) is 5.82 Å². The van der Waals surface area contributed by atoms with Crippen LogP contribution >= 0.6 is 28.1 Å². The summed E-state index contributed by atoms with van der Waals surface area (Å²) in [6.07, 6.45) is 2.44. The van der Waals surface area contributed by atoms with Gasteiger partial charge in [-0.15, -0.1) is 5.92 Å². The largest absolute Gasteiger partial charge is 0.497 e. The van der Waals surface area contributed by atoms with Crippen LogP contribution in [0.2, 0.25) is 0 Å². The predicted molar refractivity (Wildman–Crippen MR) is 112 cm³/mol. The van der Waals surface area contributed by atoms with Gasteiger partial charge in [-0.1, -0.05) is 5.92 Å². The molecule has 0 radical (unpaired) electrons. The van der Waals surface area contributed by atoms with Crippen LogP contribution in [-0.4, -0.2) is 30.4 Å². The van der Waals surface area contributed by atoms with Gasteiger partial charge in [0.25, 0.3) is 0 Å². The summed E-state index contributed by atoms with van der Waals surface area (Å²) in [6.45, 7) is 2.79. The van der Waals surface area contributed by atoms with E-state index in [4.69, 9.17) is 21.7 Å². The number of halogens is 1. The predicted octanol–water partition coefficient (Wildman–Crippen LogP) is 3.78. The topological polar surface area (TPSA) is 55.4 Å². The Morgan fingerprint density at radius 3 is 2.85 bits per heavy atom. The fourth-order valence-electron chi connectivity index (χ4n) is 2.13. The molecule has 0 spiro atoms. The lowest BCUT2D eigenvalue weighted by molar-refractivity contribution is 0.363. The number of ether oxygens (including phenoxy) is 2. The number of thiocarbonyl (C=S) groups is 1. The molecule has 1 aromatic heterocycles. The Morgan fingerprint density at radius 1 is 1.31 bits per heavy atom. The standard InChI is InChI=1S/C19H20BrN3O2S/c1-3-4-11-25-17-7-6-16(24-2)12-14(17)9-10-21-19(26)23-18-8-5-15(20)13-22-18/h5-8,12-13H,9-11H2,1-2H3,(H2,21,22,23,26). The number of hydrogen-bond donors (Lipinski definition) is 2. The molecular formula is C19H20BrN3O2S. The highest BCUT2D eigenvalue weighted by Crippen LogP contribution is 2.24. The third-order valence-electron chi connectivity index (χ3n) is 3.39. The van der Waals surface area contributed by atoms with E-state index in [1.807, 2.05) is 30.3 Å². The lowest BCUT2D eigenvalue weighted by Crippen LogP contribution is -2.30. The van der Waals surface area contributed by atoms with Gasteiger partial charge in [0.1, 0.15) is 23.9 Å². The molecule has 0 saturated carbocycles. The molecule has 0 atom stereocenters. The second kappa shape index (κ2) is 10.6. The van der Waals surface area contributed by atoms with Crippen LogP contribution in [0.3, 0.4) is 0 Å². The molecule has 0 unspecified atom stereocenters. The summed E-state index contributed by atoms with van der Waals surface area (Å²) >= 11 is 8.65. The summed E-state index contributed by atoms with van der Waals surface area (Å²) in [5.74, 6) is 7.99. The normalized spacial score (nSPS) is 9.65. The van der Waals surface area contributed by atoms with Gasteiger partial charge in [0.05, 0.1) is 7.11 Å². The SMILES string of the molecule is CC#CCOc1ccc(OC)cc1CCNC(=S)Nc1ccc(Br)cn1. The van der Waals surface area contributed by atoms with Gasteiger partial charge in [-0.3, -0.25) is 0 Å². The molecule has 2 aromatic rings. The van der Waals surface area contributed by atoms with E-state index in [1.54, 1.807) is 20.2 Å². The van der Waals surface area contributed by atoms with Crippen molar-refractivity contribution in [2.45, 2.75) is 13.3 Å². The van der Waals surface area contributed by atoms with Crippen LogP contribution in [0, 0.1) is 11.8 Å². The zero-order chi connectivity index (χ0) is 18.8. The van der Waals surface area contributed by atoms with Gasteiger partial charge in [0, 0.05) is 17.2 Å². The Morgan fingerprint density at radius 2 is 2.15 bits per heavy atom. The lowest BCUT2D eigenvalue weighted by atomic mass is 10.1. The van der Waals surface area contributed by atoms with Crippen molar-refractivity contribution in [1.29, 1.82) is 0 Å². The molecule has 1 heterocycles. The average Bonchev–Trinajstić information content (AvgIpc) is 2.64. The molecule has 0 saturated heterocycles. The van der Waals surface area contributed by atoms with Crippen molar-refractivity contribution >= 4 is 39.1 Å². The van der Waals surface area contributed by atoms with Crippen molar-refractivity contribution in [1.82, 2.24) is 10.3 Å². The summed E-state index contributed by atoms with van der Waals surface area (Å²) in [7, 11) is 1.64. The molecule has 1 aromatic carbocycles. The molecule has 7 heteroatoms. The van der Waals surface area contributed by atoms with Crippen LogP contribution in [0.15, 0.2) is 41.0 Å². The lowest BCUT2D eigenvalue weighted by Gasteiger charge is -2.13. The quantitative estimate of drug-likeness (QED) is 0.511. The Hall–Kier alpha value is -2.30. The van der Waals surface area contributed by atoms with E-state index in [-0.39, 0.29) is 0 Å². The van der Waals surface area contributed by atoms with E-state index in [9.17, 15) is 0 Å². The first kappa shape index (κ1) is 20.0. The molecular weight excluding hydrogens is 414 g/mol. The van der Waals surface area contributed by atoms with Gasteiger partial charge in [0.2, 0.25) is 0 Å². The number of pyridine rings is 1. The Labute approximate surface area is 167 Å². The van der Waals surface area contributed by atoms with Gasteiger partial charge in [-0.05, 0) is 77.4 Å². The van der Waals surface area contributed by atoms with Crippen LogP contribution in [-0.2, 0) is 6.42 Å². The molecule has 26 heavy (non-hydrogen) atoms. The van der Waals surface area contributed by atoms with Gasteiger partial charge >= 0.3 is 0 Å². The molecule has 0 bridgehead atoms. The van der Waals surface area contributed by atoms with E-state index in [0.29, 0.717) is 24.1 Å². The van der Waals surface area contributed by atoms with Gasteiger partial charge in [-0.2, -0.15) is 0 Å². The number of hydrogen-bond acceptors (Lipinski definition) is 4. The molecule has 2 N–H and O–H groups in total. The number of anilines is 1. The number of benzene rings is 1. The third-order valence-corrected chi connectivity index (χ3v) is 4.11. The van der Waals surface area contributed by atoms with Gasteiger partial charge in [0.15, 0.2) is 5.11 Å². The highest BCUT2D eigenvalue weighted by atomic mass is 79.9. The van der Waals surface area contributed by atoms with Gasteiger partial charge in [-0.25, -0.2) is 4.98 Å². The summed E-state index contributed by atoms with van der Waals surface area (Å²) in [5.41, 5.74) is 1.03. The number of aromatic nitrogens is 1. The van der Waals surface area contributed by atoms with E-state index >= 15 is 0 Å². The van der Waals surface area contributed by atoms with Crippen molar-refractivity contribution in [2.75, 3.05) is 25.6 Å². The summed E-state index contributed by atoms with van der Waals surface area (Å²) < 4.78 is 11.9. The Balaban J connectivity index is 1.91. The van der Waals surface area contributed by atoms with Crippen LogP contribution in [0.5, 0.6) is 11.5 Å². The maximum Gasteiger partial charge on any atom is 0.171 e. The smallest absolute Gasteiger partial charge is 0.171 e. The van der Waals surface area contributed by atoms with Gasteiger partial charge < -0.3 is 20.1 Å². The van der Waals surface area contributed by atoms with Crippen molar-refractivity contribution in [2.24, 2.45) is 0 Å². The monoisotopic (exact) mass is 433 g/mol. The zero-order valence-electron chi connectivity index (χ0n) is 14.6. The Kier molecular flexibility index (Phi) is 8.19. The van der Waals surface area contributed by atoms with Crippen molar-refractivity contribution in [3.63, 3.8) is 0 Å². The van der Waals surface area contributed by atoms with Crippen LogP contribution in [0.1, 0.15) is 12.5 Å². The summed E-state index contributed by atoms with van der Waals surface area (Å²) in [6, 6.07) is 9.48. The molecule has 5 nitrogen and oxygen atoms in total. The number of nitrogens with one attached hydrogen (secondary N) is 2. The highest BCUT2D eigenvalue weighted by Gasteiger charge is 2.07. The fourth-order valence-corrected chi connectivity index (χ4v) is 2.57. The van der Waals surface area contributed by atoms with Crippen molar-refractivity contribution in [3.8, 4) is 23.3 Å². The maximum absolute atomic E-state index is 5.72. The fraction of sp³-hybridized carbons (Fsp3) is 0.263. The van der Waals surface area contributed by atoms with E-state index in [1.165, 1.54) is 0 Å². The van der Waals surface area contributed by atoms with Crippen LogP contribution in [0.25, 0.3) is 0 Å². The zero-order valence-corrected chi connectivity index (χ0v) is 17.0. The number of methoxy groups -OCH3 is 1. The average molecular weight is 434 g/mol. The minimum atomic E-state index is 0.360. The number of rotatable bonds is 7. The van der Waals surface area contributed by atoms with Crippen molar-refractivity contribution < 1.29 is 9.47 Å². The van der Waals surface area contributed by atoms with E-state index in [0.717, 1.165) is 28.0 Å². The minimum absolute atomic E-state index is 0.360. The second-order valence-corrected chi connectivity index (χ2v) is 6.51. The molecule has 0 aliphatic heterocycles. The third kappa shape index (κ3) is 6.54. The summed E-state index contributed by atoms with van der Waals surface area (Å²) in [4.78, 5) is 4.23. The molecule has 136 valence electrons.